The van der Waals surface area contributed by atoms with Gasteiger partial charge in [0.25, 0.3) is 0 Å². The van der Waals surface area contributed by atoms with Crippen LogP contribution >= 0.6 is 11.3 Å². The van der Waals surface area contributed by atoms with Gasteiger partial charge in [-0.3, -0.25) is 5.32 Å². The summed E-state index contributed by atoms with van der Waals surface area (Å²) in [5.74, 6) is -1.34. The highest BCUT2D eigenvalue weighted by Crippen LogP contribution is 2.40. The van der Waals surface area contributed by atoms with E-state index >= 15 is 0 Å². The van der Waals surface area contributed by atoms with Crippen molar-refractivity contribution in [2.24, 2.45) is 5.16 Å². The van der Waals surface area contributed by atoms with E-state index in [0.717, 1.165) is 33.6 Å². The molecule has 9 heteroatoms. The van der Waals surface area contributed by atoms with Crippen molar-refractivity contribution in [2.45, 2.75) is 12.2 Å². The normalized spacial score (nSPS) is 11.5. The topological polar surface area (TPSA) is 110 Å². The van der Waals surface area contributed by atoms with Crippen LogP contribution in [0, 0.1) is 0 Å². The molecule has 0 spiro atoms. The SMILES string of the molecule is O=C(Nc1nc(C(=NOC(c2ccccc2)(c2ccccc2)c2ccccc2)C(=O)O)cs1)OCc1ccccc1. The number of nitrogens with zero attached hydrogens (tertiary/aromatic N) is 2. The van der Waals surface area contributed by atoms with Crippen molar-refractivity contribution >= 4 is 34.2 Å². The van der Waals surface area contributed by atoms with Gasteiger partial charge in [0.2, 0.25) is 11.3 Å². The Morgan fingerprint density at radius 1 is 0.780 bits per heavy atom. The number of amides is 1. The number of ether oxygens (including phenoxy) is 1. The molecule has 1 aromatic heterocycles. The standard InChI is InChI=1S/C32H25N3O5S/c36-29(37)28(27-22-41-30(33-27)34-31(38)39-21-23-13-5-1-6-14-23)35-40-32(24-15-7-2-8-16-24,25-17-9-3-10-18-25)26-19-11-4-12-20-26/h1-20,22H,21H2,(H,36,37)(H,33,34,38). The number of rotatable bonds is 10. The minimum absolute atomic E-state index is 0.0314. The molecule has 0 aliphatic rings. The quantitative estimate of drug-likeness (QED) is 0.111. The van der Waals surface area contributed by atoms with Crippen molar-refractivity contribution in [2.75, 3.05) is 5.32 Å². The molecule has 0 aliphatic heterocycles. The van der Waals surface area contributed by atoms with E-state index in [4.69, 9.17) is 9.57 Å². The van der Waals surface area contributed by atoms with Gasteiger partial charge in [-0.1, -0.05) is 126 Å². The first-order valence-electron chi connectivity index (χ1n) is 12.7. The van der Waals surface area contributed by atoms with Gasteiger partial charge >= 0.3 is 12.1 Å². The van der Waals surface area contributed by atoms with E-state index in [1.54, 1.807) is 0 Å². The Hall–Kier alpha value is -5.28. The maximum atomic E-state index is 12.4. The lowest BCUT2D eigenvalue weighted by molar-refractivity contribution is -0.129. The van der Waals surface area contributed by atoms with E-state index in [-0.39, 0.29) is 17.4 Å². The number of carboxylic acid groups (broad SMARTS) is 1. The van der Waals surface area contributed by atoms with Crippen molar-refractivity contribution in [1.82, 2.24) is 4.98 Å². The minimum Gasteiger partial charge on any atom is -0.476 e. The van der Waals surface area contributed by atoms with Gasteiger partial charge in [0.15, 0.2) is 5.13 Å². The fourth-order valence-corrected chi connectivity index (χ4v) is 4.95. The first-order chi connectivity index (χ1) is 20.1. The molecule has 5 aromatic rings. The molecule has 0 radical (unpaired) electrons. The molecular formula is C32H25N3O5S. The number of aromatic nitrogens is 1. The summed E-state index contributed by atoms with van der Waals surface area (Å²) in [7, 11) is 0. The van der Waals surface area contributed by atoms with E-state index in [9.17, 15) is 14.7 Å². The molecule has 2 N–H and O–H groups in total. The van der Waals surface area contributed by atoms with Crippen LogP contribution in [0.25, 0.3) is 0 Å². The van der Waals surface area contributed by atoms with Crippen LogP contribution < -0.4 is 5.32 Å². The molecule has 0 atom stereocenters. The lowest BCUT2D eigenvalue weighted by Gasteiger charge is -2.33. The Balaban J connectivity index is 1.46. The summed E-state index contributed by atoms with van der Waals surface area (Å²) >= 11 is 1.05. The predicted octanol–water partition coefficient (Wildman–Crippen LogP) is 6.69. The first kappa shape index (κ1) is 27.3. The molecular weight excluding hydrogens is 538 g/mol. The summed E-state index contributed by atoms with van der Waals surface area (Å²) in [5, 5.41) is 18.4. The van der Waals surface area contributed by atoms with Gasteiger partial charge in [-0.05, 0) is 5.56 Å². The fourth-order valence-electron chi connectivity index (χ4n) is 4.27. The maximum Gasteiger partial charge on any atom is 0.413 e. The minimum atomic E-state index is -1.34. The Morgan fingerprint density at radius 3 is 1.76 bits per heavy atom. The highest BCUT2D eigenvalue weighted by molar-refractivity contribution is 7.14. The average Bonchev–Trinajstić information content (AvgIpc) is 3.47. The summed E-state index contributed by atoms with van der Waals surface area (Å²) in [6.07, 6.45) is -0.712. The first-order valence-corrected chi connectivity index (χ1v) is 13.5. The zero-order valence-corrected chi connectivity index (χ0v) is 22.5. The van der Waals surface area contributed by atoms with Crippen molar-refractivity contribution < 1.29 is 24.3 Å². The maximum absolute atomic E-state index is 12.4. The second kappa shape index (κ2) is 12.7. The van der Waals surface area contributed by atoms with E-state index < -0.39 is 23.4 Å². The number of aliphatic carboxylic acids is 1. The third kappa shape index (κ3) is 6.32. The Morgan fingerprint density at radius 2 is 1.27 bits per heavy atom. The predicted molar refractivity (Wildman–Crippen MR) is 157 cm³/mol. The van der Waals surface area contributed by atoms with Crippen LogP contribution in [0.3, 0.4) is 0 Å². The monoisotopic (exact) mass is 563 g/mol. The number of carbonyl (C=O) groups excluding carboxylic acids is 1. The van der Waals surface area contributed by atoms with Gasteiger partial charge in [0.05, 0.1) is 0 Å². The number of oxime groups is 1. The summed E-state index contributed by atoms with van der Waals surface area (Å²) in [5.41, 5.74) is 1.46. The zero-order chi connectivity index (χ0) is 28.5. The molecule has 1 heterocycles. The van der Waals surface area contributed by atoms with Crippen LogP contribution in [0.5, 0.6) is 0 Å². The summed E-state index contributed by atoms with van der Waals surface area (Å²) in [6.45, 7) is 0.0844. The third-order valence-electron chi connectivity index (χ3n) is 6.19. The van der Waals surface area contributed by atoms with E-state index in [1.807, 2.05) is 121 Å². The number of carboxylic acids is 1. The van der Waals surface area contributed by atoms with Crippen molar-refractivity contribution in [3.63, 3.8) is 0 Å². The molecule has 0 unspecified atom stereocenters. The lowest BCUT2D eigenvalue weighted by Crippen LogP contribution is -2.32. The van der Waals surface area contributed by atoms with E-state index in [1.165, 1.54) is 5.38 Å². The van der Waals surface area contributed by atoms with Crippen LogP contribution in [-0.4, -0.2) is 27.9 Å². The number of hydrogen-bond donors (Lipinski definition) is 2. The number of hydrogen-bond acceptors (Lipinski definition) is 7. The molecule has 204 valence electrons. The number of thiazole rings is 1. The number of nitrogens with one attached hydrogen (secondary N) is 1. The fraction of sp³-hybridized carbons (Fsp3) is 0.0625. The Bertz CT molecular complexity index is 1530. The smallest absolute Gasteiger partial charge is 0.413 e. The van der Waals surface area contributed by atoms with Crippen molar-refractivity contribution in [3.8, 4) is 0 Å². The van der Waals surface area contributed by atoms with Crippen LogP contribution in [0.1, 0.15) is 27.9 Å². The summed E-state index contributed by atoms with van der Waals surface area (Å²) in [6, 6.07) is 37.7. The Kier molecular flexibility index (Phi) is 8.46. The molecule has 0 aliphatic carbocycles. The molecule has 0 saturated carbocycles. The second-order valence-corrected chi connectivity index (χ2v) is 9.70. The van der Waals surface area contributed by atoms with Gasteiger partial charge in [-0.25, -0.2) is 14.6 Å². The lowest BCUT2D eigenvalue weighted by atomic mass is 9.80. The average molecular weight is 564 g/mol. The number of carbonyl (C=O) groups is 2. The third-order valence-corrected chi connectivity index (χ3v) is 6.94. The molecule has 8 nitrogen and oxygen atoms in total. The highest BCUT2D eigenvalue weighted by Gasteiger charge is 2.40. The van der Waals surface area contributed by atoms with Crippen LogP contribution in [0.15, 0.2) is 132 Å². The number of anilines is 1. The summed E-state index contributed by atoms with van der Waals surface area (Å²) in [4.78, 5) is 35.2. The van der Waals surface area contributed by atoms with Crippen LogP contribution in [0.2, 0.25) is 0 Å². The molecule has 1 amide bonds. The molecule has 0 saturated heterocycles. The van der Waals surface area contributed by atoms with Gasteiger partial charge in [0.1, 0.15) is 12.3 Å². The van der Waals surface area contributed by atoms with Crippen molar-refractivity contribution in [1.29, 1.82) is 0 Å². The molecule has 5 rings (SSSR count). The summed E-state index contributed by atoms with van der Waals surface area (Å²) < 4.78 is 5.23. The molecule has 41 heavy (non-hydrogen) atoms. The van der Waals surface area contributed by atoms with Gasteiger partial charge in [-0.15, -0.1) is 11.3 Å². The highest BCUT2D eigenvalue weighted by atomic mass is 32.1. The second-order valence-electron chi connectivity index (χ2n) is 8.84. The number of benzene rings is 4. The van der Waals surface area contributed by atoms with Gasteiger partial charge in [-0.2, -0.15) is 0 Å². The molecule has 4 aromatic carbocycles. The van der Waals surface area contributed by atoms with Crippen LogP contribution in [0.4, 0.5) is 9.93 Å². The van der Waals surface area contributed by atoms with Gasteiger partial charge < -0.3 is 14.7 Å². The largest absolute Gasteiger partial charge is 0.476 e. The van der Waals surface area contributed by atoms with Gasteiger partial charge in [0, 0.05) is 22.1 Å². The van der Waals surface area contributed by atoms with E-state index in [2.05, 4.69) is 15.5 Å². The Labute approximate surface area is 240 Å². The van der Waals surface area contributed by atoms with E-state index in [0.29, 0.717) is 0 Å². The van der Waals surface area contributed by atoms with Crippen molar-refractivity contribution in [3.05, 3.63) is 155 Å². The van der Waals surface area contributed by atoms with Crippen LogP contribution in [-0.2, 0) is 26.6 Å². The molecule has 0 fully saturated rings. The molecule has 0 bridgehead atoms. The zero-order valence-electron chi connectivity index (χ0n) is 21.7.